The number of carbonyl (C=O) groups excluding carboxylic acids is 1. The molecule has 22 heavy (non-hydrogen) atoms. The maximum Gasteiger partial charge on any atom is 0.302 e. The first-order valence-electron chi connectivity index (χ1n) is 9.55. The Kier molecular flexibility index (Phi) is 17.6. The number of ether oxygens (including phenoxy) is 1. The van der Waals surface area contributed by atoms with Crippen molar-refractivity contribution >= 4 is 5.97 Å². The maximum absolute atomic E-state index is 10.6. The molecule has 0 atom stereocenters. The lowest BCUT2D eigenvalue weighted by Crippen LogP contribution is -1.99. The van der Waals surface area contributed by atoms with Crippen molar-refractivity contribution in [2.24, 2.45) is 0 Å². The smallest absolute Gasteiger partial charge is 0.302 e. The van der Waals surface area contributed by atoms with Crippen LogP contribution in [-0.4, -0.2) is 12.6 Å². The highest BCUT2D eigenvalue weighted by Gasteiger charge is 1.94. The van der Waals surface area contributed by atoms with Crippen molar-refractivity contribution in [3.8, 4) is 0 Å². The lowest BCUT2D eigenvalue weighted by atomic mass is 10.1. The van der Waals surface area contributed by atoms with Crippen molar-refractivity contribution in [2.45, 2.75) is 104 Å². The van der Waals surface area contributed by atoms with Crippen LogP contribution >= 0.6 is 0 Å². The summed E-state index contributed by atoms with van der Waals surface area (Å²) in [6.07, 6.45) is 23.0. The molecule has 0 spiro atoms. The van der Waals surface area contributed by atoms with E-state index >= 15 is 0 Å². The molecule has 0 unspecified atom stereocenters. The van der Waals surface area contributed by atoms with E-state index in [4.69, 9.17) is 4.74 Å². The van der Waals surface area contributed by atoms with E-state index in [0.717, 1.165) is 6.42 Å². The quantitative estimate of drug-likeness (QED) is 0.183. The van der Waals surface area contributed by atoms with E-state index in [1.54, 1.807) is 0 Å². The molecule has 0 saturated carbocycles. The van der Waals surface area contributed by atoms with E-state index in [1.807, 2.05) is 0 Å². The van der Waals surface area contributed by atoms with Crippen LogP contribution in [0.5, 0.6) is 0 Å². The Hall–Kier alpha value is -0.790. The molecule has 0 fully saturated rings. The SMILES string of the molecule is CCCCCCCCC=CCCCCCCCCOC(C)=O. The molecule has 0 N–H and O–H groups in total. The number of allylic oxidation sites excluding steroid dienone is 2. The second-order valence-electron chi connectivity index (χ2n) is 6.28. The van der Waals surface area contributed by atoms with Gasteiger partial charge in [-0.25, -0.2) is 0 Å². The number of hydrogen-bond acceptors (Lipinski definition) is 2. The predicted octanol–water partition coefficient (Wildman–Crippen LogP) is 6.59. The lowest BCUT2D eigenvalue weighted by molar-refractivity contribution is -0.141. The number of rotatable bonds is 16. The fourth-order valence-electron chi connectivity index (χ4n) is 2.57. The van der Waals surface area contributed by atoms with Crippen LogP contribution in [0.1, 0.15) is 104 Å². The summed E-state index contributed by atoms with van der Waals surface area (Å²) in [5.41, 5.74) is 0. The molecule has 0 rings (SSSR count). The van der Waals surface area contributed by atoms with Crippen LogP contribution in [0.2, 0.25) is 0 Å². The van der Waals surface area contributed by atoms with E-state index in [-0.39, 0.29) is 5.97 Å². The second-order valence-corrected chi connectivity index (χ2v) is 6.28. The Morgan fingerprint density at radius 3 is 1.68 bits per heavy atom. The summed E-state index contributed by atoms with van der Waals surface area (Å²) in [7, 11) is 0. The summed E-state index contributed by atoms with van der Waals surface area (Å²) in [5, 5.41) is 0. The molecule has 0 amide bonds. The molecule has 2 heteroatoms. The third-order valence-corrected chi connectivity index (χ3v) is 3.96. The van der Waals surface area contributed by atoms with Crippen molar-refractivity contribution in [1.29, 1.82) is 0 Å². The molecule has 0 radical (unpaired) electrons. The molecule has 0 aromatic rings. The Labute approximate surface area is 138 Å². The Balaban J connectivity index is 3.06. The van der Waals surface area contributed by atoms with Gasteiger partial charge in [0.25, 0.3) is 0 Å². The van der Waals surface area contributed by atoms with Crippen LogP contribution in [0.3, 0.4) is 0 Å². The Morgan fingerprint density at radius 1 is 0.727 bits per heavy atom. The summed E-state index contributed by atoms with van der Waals surface area (Å²) >= 11 is 0. The van der Waals surface area contributed by atoms with Gasteiger partial charge in [-0.3, -0.25) is 4.79 Å². The van der Waals surface area contributed by atoms with Gasteiger partial charge in [0.2, 0.25) is 0 Å². The zero-order valence-electron chi connectivity index (χ0n) is 15.1. The Morgan fingerprint density at radius 2 is 1.18 bits per heavy atom. The third kappa shape index (κ3) is 19.2. The molecule has 0 heterocycles. The number of hydrogen-bond donors (Lipinski definition) is 0. The lowest BCUT2D eigenvalue weighted by Gasteiger charge is -2.02. The zero-order valence-corrected chi connectivity index (χ0v) is 15.1. The van der Waals surface area contributed by atoms with E-state index in [2.05, 4.69) is 19.1 Å². The third-order valence-electron chi connectivity index (χ3n) is 3.96. The van der Waals surface area contributed by atoms with Gasteiger partial charge in [-0.15, -0.1) is 0 Å². The van der Waals surface area contributed by atoms with Crippen LogP contribution < -0.4 is 0 Å². The molecule has 0 saturated heterocycles. The number of carbonyl (C=O) groups is 1. The zero-order chi connectivity index (χ0) is 16.3. The van der Waals surface area contributed by atoms with Crippen LogP contribution in [0, 0.1) is 0 Å². The van der Waals surface area contributed by atoms with Gasteiger partial charge < -0.3 is 4.74 Å². The minimum Gasteiger partial charge on any atom is -0.466 e. The van der Waals surface area contributed by atoms with Gasteiger partial charge in [-0.1, -0.05) is 76.9 Å². The Bertz CT molecular complexity index is 258. The van der Waals surface area contributed by atoms with E-state index in [1.165, 1.54) is 90.4 Å². The molecule has 0 aromatic heterocycles. The summed E-state index contributed by atoms with van der Waals surface area (Å²) in [5.74, 6) is -0.159. The average molecular weight is 311 g/mol. The minimum absolute atomic E-state index is 0.159. The topological polar surface area (TPSA) is 26.3 Å². The van der Waals surface area contributed by atoms with Gasteiger partial charge >= 0.3 is 5.97 Å². The van der Waals surface area contributed by atoms with Crippen molar-refractivity contribution in [1.82, 2.24) is 0 Å². The minimum atomic E-state index is -0.159. The molecular formula is C20H38O2. The van der Waals surface area contributed by atoms with Crippen molar-refractivity contribution in [2.75, 3.05) is 6.61 Å². The average Bonchev–Trinajstić information content (AvgIpc) is 2.50. The molecule has 0 aliphatic heterocycles. The standard InChI is InChI=1S/C20H38O2/c1-3-4-5-6-7-8-9-10-11-12-13-14-15-16-17-18-19-22-20(2)21/h10-11H,3-9,12-19H2,1-2H3. The van der Waals surface area contributed by atoms with Gasteiger partial charge in [0.1, 0.15) is 0 Å². The maximum atomic E-state index is 10.6. The van der Waals surface area contributed by atoms with Crippen LogP contribution in [0.15, 0.2) is 12.2 Å². The fourth-order valence-corrected chi connectivity index (χ4v) is 2.57. The van der Waals surface area contributed by atoms with Gasteiger partial charge in [0.05, 0.1) is 6.61 Å². The van der Waals surface area contributed by atoms with Gasteiger partial charge in [0, 0.05) is 6.92 Å². The fraction of sp³-hybridized carbons (Fsp3) is 0.850. The molecular weight excluding hydrogens is 272 g/mol. The highest BCUT2D eigenvalue weighted by Crippen LogP contribution is 2.09. The molecule has 0 aliphatic rings. The summed E-state index contributed by atoms with van der Waals surface area (Å²) in [6.45, 7) is 4.34. The number of esters is 1. The van der Waals surface area contributed by atoms with Crippen LogP contribution in [-0.2, 0) is 9.53 Å². The van der Waals surface area contributed by atoms with Gasteiger partial charge in [-0.05, 0) is 32.1 Å². The number of unbranched alkanes of at least 4 members (excludes halogenated alkanes) is 12. The highest BCUT2D eigenvalue weighted by molar-refractivity contribution is 5.65. The monoisotopic (exact) mass is 310 g/mol. The first-order valence-corrected chi connectivity index (χ1v) is 9.55. The summed E-state index contributed by atoms with van der Waals surface area (Å²) in [6, 6.07) is 0. The largest absolute Gasteiger partial charge is 0.466 e. The van der Waals surface area contributed by atoms with Crippen molar-refractivity contribution in [3.05, 3.63) is 12.2 Å². The first kappa shape index (κ1) is 21.2. The first-order chi connectivity index (χ1) is 10.8. The van der Waals surface area contributed by atoms with Crippen molar-refractivity contribution < 1.29 is 9.53 Å². The van der Waals surface area contributed by atoms with Gasteiger partial charge in [0.15, 0.2) is 0 Å². The normalized spacial score (nSPS) is 11.2. The van der Waals surface area contributed by atoms with Gasteiger partial charge in [-0.2, -0.15) is 0 Å². The second kappa shape index (κ2) is 18.3. The molecule has 0 bridgehead atoms. The molecule has 0 aromatic carbocycles. The molecule has 2 nitrogen and oxygen atoms in total. The highest BCUT2D eigenvalue weighted by atomic mass is 16.5. The molecule has 0 aliphatic carbocycles. The van der Waals surface area contributed by atoms with Crippen LogP contribution in [0.25, 0.3) is 0 Å². The van der Waals surface area contributed by atoms with E-state index in [9.17, 15) is 4.79 Å². The van der Waals surface area contributed by atoms with E-state index < -0.39 is 0 Å². The van der Waals surface area contributed by atoms with Crippen LogP contribution in [0.4, 0.5) is 0 Å². The summed E-state index contributed by atoms with van der Waals surface area (Å²) in [4.78, 5) is 10.6. The molecule has 130 valence electrons. The van der Waals surface area contributed by atoms with Crippen molar-refractivity contribution in [3.63, 3.8) is 0 Å². The summed E-state index contributed by atoms with van der Waals surface area (Å²) < 4.78 is 4.91. The van der Waals surface area contributed by atoms with E-state index in [0.29, 0.717) is 6.61 Å². The predicted molar refractivity (Wildman–Crippen MR) is 96.1 cm³/mol.